The number of halogens is 1. The van der Waals surface area contributed by atoms with Crippen molar-refractivity contribution in [2.24, 2.45) is 0 Å². The van der Waals surface area contributed by atoms with Crippen molar-refractivity contribution in [3.8, 4) is 0 Å². The molecule has 0 aromatic rings. The summed E-state index contributed by atoms with van der Waals surface area (Å²) in [7, 11) is 0. The van der Waals surface area contributed by atoms with Crippen LogP contribution in [0.3, 0.4) is 0 Å². The standard InChI is InChI=1S/C6H13ClO2/c1-4(2)9-6(7)5(3)8/h4-6,8H,1-3H3. The van der Waals surface area contributed by atoms with Crippen molar-refractivity contribution in [1.82, 2.24) is 0 Å². The zero-order valence-corrected chi connectivity index (χ0v) is 6.72. The first-order valence-corrected chi connectivity index (χ1v) is 3.45. The fourth-order valence-corrected chi connectivity index (χ4v) is 0.579. The van der Waals surface area contributed by atoms with Gasteiger partial charge in [-0.05, 0) is 20.8 Å². The van der Waals surface area contributed by atoms with Crippen LogP contribution in [0, 0.1) is 0 Å². The molecule has 0 aromatic heterocycles. The van der Waals surface area contributed by atoms with E-state index in [-0.39, 0.29) is 6.10 Å². The number of aliphatic hydroxyl groups is 1. The largest absolute Gasteiger partial charge is 0.389 e. The fourth-order valence-electron chi connectivity index (χ4n) is 0.374. The van der Waals surface area contributed by atoms with Gasteiger partial charge in [0.25, 0.3) is 0 Å². The molecule has 0 aliphatic heterocycles. The summed E-state index contributed by atoms with van der Waals surface area (Å²) in [5.74, 6) is 0. The quantitative estimate of drug-likeness (QED) is 0.619. The van der Waals surface area contributed by atoms with Gasteiger partial charge in [0, 0.05) is 0 Å². The SMILES string of the molecule is CC(C)OC(Cl)C(C)O. The van der Waals surface area contributed by atoms with E-state index in [1.54, 1.807) is 6.92 Å². The first-order chi connectivity index (χ1) is 4.04. The molecule has 3 heteroatoms. The average molecular weight is 153 g/mol. The molecule has 0 bridgehead atoms. The monoisotopic (exact) mass is 152 g/mol. The maximum Gasteiger partial charge on any atom is 0.156 e. The van der Waals surface area contributed by atoms with Gasteiger partial charge in [0.05, 0.1) is 12.2 Å². The molecule has 0 rings (SSSR count). The van der Waals surface area contributed by atoms with E-state index >= 15 is 0 Å². The van der Waals surface area contributed by atoms with Gasteiger partial charge in [0.15, 0.2) is 5.56 Å². The van der Waals surface area contributed by atoms with E-state index in [1.165, 1.54) is 0 Å². The topological polar surface area (TPSA) is 29.5 Å². The third kappa shape index (κ3) is 4.70. The van der Waals surface area contributed by atoms with E-state index in [0.717, 1.165) is 0 Å². The molecule has 0 saturated heterocycles. The Labute approximate surface area is 60.8 Å². The van der Waals surface area contributed by atoms with Crippen molar-refractivity contribution >= 4 is 11.6 Å². The Kier molecular flexibility index (Phi) is 4.19. The molecular formula is C6H13ClO2. The second-order valence-corrected chi connectivity index (χ2v) is 2.71. The molecule has 0 spiro atoms. The highest BCUT2D eigenvalue weighted by Gasteiger charge is 2.12. The van der Waals surface area contributed by atoms with Gasteiger partial charge in [-0.1, -0.05) is 11.6 Å². The lowest BCUT2D eigenvalue weighted by Crippen LogP contribution is -2.23. The molecular weight excluding hydrogens is 140 g/mol. The van der Waals surface area contributed by atoms with E-state index in [4.69, 9.17) is 21.4 Å². The molecule has 0 heterocycles. The van der Waals surface area contributed by atoms with Crippen molar-refractivity contribution in [3.63, 3.8) is 0 Å². The van der Waals surface area contributed by atoms with Crippen LogP contribution in [0.5, 0.6) is 0 Å². The lowest BCUT2D eigenvalue weighted by atomic mass is 10.4. The molecule has 0 fully saturated rings. The van der Waals surface area contributed by atoms with E-state index in [9.17, 15) is 0 Å². The second-order valence-electron chi connectivity index (χ2n) is 2.28. The summed E-state index contributed by atoms with van der Waals surface area (Å²) < 4.78 is 5.03. The molecule has 56 valence electrons. The van der Waals surface area contributed by atoms with Crippen LogP contribution in [0.4, 0.5) is 0 Å². The molecule has 0 aliphatic rings. The Morgan fingerprint density at radius 3 is 1.89 bits per heavy atom. The van der Waals surface area contributed by atoms with Crippen LogP contribution in [0.15, 0.2) is 0 Å². The van der Waals surface area contributed by atoms with E-state index in [1.807, 2.05) is 13.8 Å². The number of hydrogen-bond acceptors (Lipinski definition) is 2. The van der Waals surface area contributed by atoms with Crippen molar-refractivity contribution in [2.75, 3.05) is 0 Å². The number of aliphatic hydroxyl groups excluding tert-OH is 1. The highest BCUT2D eigenvalue weighted by atomic mass is 35.5. The number of hydrogen-bond donors (Lipinski definition) is 1. The van der Waals surface area contributed by atoms with Crippen LogP contribution in [0.2, 0.25) is 0 Å². The smallest absolute Gasteiger partial charge is 0.156 e. The van der Waals surface area contributed by atoms with Crippen LogP contribution in [0.1, 0.15) is 20.8 Å². The minimum atomic E-state index is -0.603. The summed E-state index contributed by atoms with van der Waals surface area (Å²) in [5.41, 5.74) is -0.579. The lowest BCUT2D eigenvalue weighted by molar-refractivity contribution is -0.0129. The molecule has 9 heavy (non-hydrogen) atoms. The van der Waals surface area contributed by atoms with Gasteiger partial charge in [-0.25, -0.2) is 0 Å². The van der Waals surface area contributed by atoms with E-state index in [2.05, 4.69) is 0 Å². The van der Waals surface area contributed by atoms with Gasteiger partial charge < -0.3 is 9.84 Å². The van der Waals surface area contributed by atoms with Crippen LogP contribution in [-0.4, -0.2) is 22.9 Å². The second kappa shape index (κ2) is 4.09. The lowest BCUT2D eigenvalue weighted by Gasteiger charge is -2.15. The molecule has 2 nitrogen and oxygen atoms in total. The first kappa shape index (κ1) is 9.21. The van der Waals surface area contributed by atoms with E-state index in [0.29, 0.717) is 0 Å². The Morgan fingerprint density at radius 2 is 1.78 bits per heavy atom. The van der Waals surface area contributed by atoms with Crippen LogP contribution in [-0.2, 0) is 4.74 Å². The predicted molar refractivity (Wildman–Crippen MR) is 37.5 cm³/mol. The zero-order chi connectivity index (χ0) is 7.44. The minimum Gasteiger partial charge on any atom is -0.389 e. The number of rotatable bonds is 3. The minimum absolute atomic E-state index is 0.0714. The van der Waals surface area contributed by atoms with E-state index < -0.39 is 11.7 Å². The van der Waals surface area contributed by atoms with Gasteiger partial charge in [0.2, 0.25) is 0 Å². The van der Waals surface area contributed by atoms with Gasteiger partial charge in [-0.15, -0.1) is 0 Å². The number of alkyl halides is 1. The summed E-state index contributed by atoms with van der Waals surface area (Å²) in [4.78, 5) is 0. The normalized spacial score (nSPS) is 18.0. The molecule has 0 saturated carbocycles. The highest BCUT2D eigenvalue weighted by molar-refractivity contribution is 6.20. The maximum atomic E-state index is 8.81. The summed E-state index contributed by atoms with van der Waals surface area (Å²) in [6.07, 6.45) is -0.531. The number of ether oxygens (including phenoxy) is 1. The van der Waals surface area contributed by atoms with Gasteiger partial charge in [-0.3, -0.25) is 0 Å². The van der Waals surface area contributed by atoms with Crippen LogP contribution >= 0.6 is 11.6 Å². The van der Waals surface area contributed by atoms with Crippen LogP contribution < -0.4 is 0 Å². The van der Waals surface area contributed by atoms with Gasteiger partial charge in [0.1, 0.15) is 0 Å². The molecule has 2 unspecified atom stereocenters. The fraction of sp³-hybridized carbons (Fsp3) is 1.00. The molecule has 2 atom stereocenters. The maximum absolute atomic E-state index is 8.81. The van der Waals surface area contributed by atoms with Crippen molar-refractivity contribution in [2.45, 2.75) is 38.5 Å². The Morgan fingerprint density at radius 1 is 1.33 bits per heavy atom. The van der Waals surface area contributed by atoms with Crippen molar-refractivity contribution in [1.29, 1.82) is 0 Å². The van der Waals surface area contributed by atoms with Gasteiger partial charge >= 0.3 is 0 Å². The molecule has 1 N–H and O–H groups in total. The highest BCUT2D eigenvalue weighted by Crippen LogP contribution is 2.06. The third-order valence-corrected chi connectivity index (χ3v) is 1.25. The Bertz CT molecular complexity index is 73.5. The Balaban J connectivity index is 3.38. The summed E-state index contributed by atoms with van der Waals surface area (Å²) in [6, 6.07) is 0. The first-order valence-electron chi connectivity index (χ1n) is 3.01. The molecule has 0 aromatic carbocycles. The Hall–Kier alpha value is 0.210. The van der Waals surface area contributed by atoms with Crippen molar-refractivity contribution in [3.05, 3.63) is 0 Å². The predicted octanol–water partition coefficient (Wildman–Crippen LogP) is 1.36. The van der Waals surface area contributed by atoms with Gasteiger partial charge in [-0.2, -0.15) is 0 Å². The summed E-state index contributed by atoms with van der Waals surface area (Å²) in [6.45, 7) is 5.34. The zero-order valence-electron chi connectivity index (χ0n) is 5.97. The third-order valence-electron chi connectivity index (χ3n) is 0.781. The summed E-state index contributed by atoms with van der Waals surface area (Å²) >= 11 is 5.54. The average Bonchev–Trinajstić information content (AvgIpc) is 1.63. The summed E-state index contributed by atoms with van der Waals surface area (Å²) in [5, 5.41) is 8.81. The molecule has 0 amide bonds. The van der Waals surface area contributed by atoms with Crippen LogP contribution in [0.25, 0.3) is 0 Å². The molecule has 0 aliphatic carbocycles. The molecule has 0 radical (unpaired) electrons. The van der Waals surface area contributed by atoms with Crippen molar-refractivity contribution < 1.29 is 9.84 Å².